The molecule has 8 aromatic rings. The highest BCUT2D eigenvalue weighted by Gasteiger charge is 2.16. The van der Waals surface area contributed by atoms with Crippen molar-refractivity contribution in [2.75, 3.05) is 0 Å². The van der Waals surface area contributed by atoms with Gasteiger partial charge in [-0.1, -0.05) is 146 Å². The zero-order valence-electron chi connectivity index (χ0n) is 23.8. The van der Waals surface area contributed by atoms with Gasteiger partial charge in [-0.25, -0.2) is 15.0 Å². The molecule has 0 N–H and O–H groups in total. The van der Waals surface area contributed by atoms with Gasteiger partial charge in [-0.15, -0.1) is 0 Å². The van der Waals surface area contributed by atoms with E-state index in [2.05, 4.69) is 84.9 Å². The number of pyridine rings is 1. The second-order valence-corrected chi connectivity index (χ2v) is 10.7. The third-order valence-electron chi connectivity index (χ3n) is 7.98. The number of hydrogen-bond donors (Lipinski definition) is 0. The van der Waals surface area contributed by atoms with Gasteiger partial charge in [-0.2, -0.15) is 0 Å². The number of para-hydroxylation sites is 1. The van der Waals surface area contributed by atoms with Crippen LogP contribution < -0.4 is 0 Å². The molecule has 6 aromatic carbocycles. The molecule has 2 aromatic heterocycles. The first kappa shape index (κ1) is 25.7. The maximum atomic E-state index is 4.92. The van der Waals surface area contributed by atoms with Crippen molar-refractivity contribution in [3.63, 3.8) is 0 Å². The molecule has 0 fully saturated rings. The van der Waals surface area contributed by atoms with Crippen LogP contribution in [-0.4, -0.2) is 19.9 Å². The van der Waals surface area contributed by atoms with E-state index in [9.17, 15) is 0 Å². The number of rotatable bonds is 5. The van der Waals surface area contributed by atoms with E-state index in [1.54, 1.807) is 0 Å². The number of nitrogens with zero attached hydrogens (tertiary/aromatic N) is 4. The predicted octanol–water partition coefficient (Wildman–Crippen LogP) is 9.91. The molecule has 0 spiro atoms. The SMILES string of the molecule is c1ccc(-c2nc(-c3ccccc3)nc(-c3ccc(-c4c(-c5cccc6cccnc56)ccc5ccccc45)cc3)n2)cc1. The van der Waals surface area contributed by atoms with Crippen molar-refractivity contribution in [1.29, 1.82) is 0 Å². The van der Waals surface area contributed by atoms with E-state index in [-0.39, 0.29) is 0 Å². The molecule has 0 unspecified atom stereocenters. The second-order valence-electron chi connectivity index (χ2n) is 10.7. The third kappa shape index (κ3) is 4.69. The largest absolute Gasteiger partial charge is 0.256 e. The van der Waals surface area contributed by atoms with E-state index in [1.807, 2.05) is 72.9 Å². The first-order valence-corrected chi connectivity index (χ1v) is 14.7. The first-order chi connectivity index (χ1) is 21.8. The van der Waals surface area contributed by atoms with Crippen molar-refractivity contribution in [2.24, 2.45) is 0 Å². The van der Waals surface area contributed by atoms with Gasteiger partial charge in [0.05, 0.1) is 5.52 Å². The van der Waals surface area contributed by atoms with Gasteiger partial charge in [0.1, 0.15) is 0 Å². The number of hydrogen-bond acceptors (Lipinski definition) is 4. The molecule has 0 saturated heterocycles. The third-order valence-corrected chi connectivity index (χ3v) is 7.98. The predicted molar refractivity (Wildman–Crippen MR) is 180 cm³/mol. The van der Waals surface area contributed by atoms with Crippen LogP contribution >= 0.6 is 0 Å². The molecule has 0 aliphatic carbocycles. The lowest BCUT2D eigenvalue weighted by atomic mass is 9.88. The average molecular weight is 563 g/mol. The van der Waals surface area contributed by atoms with Crippen LogP contribution in [0, 0.1) is 0 Å². The van der Waals surface area contributed by atoms with E-state index in [0.717, 1.165) is 44.3 Å². The highest BCUT2D eigenvalue weighted by Crippen LogP contribution is 2.40. The van der Waals surface area contributed by atoms with Crippen LogP contribution in [0.3, 0.4) is 0 Å². The van der Waals surface area contributed by atoms with Crippen LogP contribution in [-0.2, 0) is 0 Å². The van der Waals surface area contributed by atoms with Gasteiger partial charge in [-0.05, 0) is 33.5 Å². The van der Waals surface area contributed by atoms with Crippen LogP contribution in [0.25, 0.3) is 78.1 Å². The van der Waals surface area contributed by atoms with Crippen molar-refractivity contribution in [3.8, 4) is 56.4 Å². The van der Waals surface area contributed by atoms with Crippen LogP contribution in [0.4, 0.5) is 0 Å². The Kier molecular flexibility index (Phi) is 6.43. The molecule has 0 aliphatic rings. The smallest absolute Gasteiger partial charge is 0.164 e. The second kappa shape index (κ2) is 11.0. The number of fused-ring (bicyclic) bond motifs is 2. The minimum absolute atomic E-state index is 0.639. The molecule has 4 heteroatoms. The van der Waals surface area contributed by atoms with Gasteiger partial charge in [0.2, 0.25) is 0 Å². The molecule has 206 valence electrons. The van der Waals surface area contributed by atoms with Gasteiger partial charge < -0.3 is 0 Å². The molecule has 0 saturated carbocycles. The molecule has 0 radical (unpaired) electrons. The Morgan fingerprint density at radius 1 is 0.341 bits per heavy atom. The molecular formula is C40H26N4. The van der Waals surface area contributed by atoms with Gasteiger partial charge in [-0.3, -0.25) is 4.98 Å². The Balaban J connectivity index is 1.29. The number of benzene rings is 6. The Bertz CT molecular complexity index is 2200. The Morgan fingerprint density at radius 3 is 1.57 bits per heavy atom. The fourth-order valence-electron chi connectivity index (χ4n) is 5.85. The Hall–Kier alpha value is -6.00. The summed E-state index contributed by atoms with van der Waals surface area (Å²) in [5, 5.41) is 3.52. The summed E-state index contributed by atoms with van der Waals surface area (Å²) in [6, 6.07) is 52.2. The molecule has 0 aliphatic heterocycles. The molecule has 0 amide bonds. The number of aromatic nitrogens is 4. The van der Waals surface area contributed by atoms with Gasteiger partial charge in [0.25, 0.3) is 0 Å². The van der Waals surface area contributed by atoms with E-state index < -0.39 is 0 Å². The van der Waals surface area contributed by atoms with Gasteiger partial charge in [0.15, 0.2) is 17.5 Å². The highest BCUT2D eigenvalue weighted by atomic mass is 15.0. The summed E-state index contributed by atoms with van der Waals surface area (Å²) in [6.45, 7) is 0. The fourth-order valence-corrected chi connectivity index (χ4v) is 5.85. The summed E-state index contributed by atoms with van der Waals surface area (Å²) in [6.07, 6.45) is 1.86. The van der Waals surface area contributed by atoms with Crippen LogP contribution in [0.2, 0.25) is 0 Å². The summed E-state index contributed by atoms with van der Waals surface area (Å²) < 4.78 is 0. The van der Waals surface area contributed by atoms with E-state index >= 15 is 0 Å². The summed E-state index contributed by atoms with van der Waals surface area (Å²) in [5.41, 5.74) is 8.40. The summed E-state index contributed by atoms with van der Waals surface area (Å²) in [4.78, 5) is 19.5. The van der Waals surface area contributed by atoms with Crippen molar-refractivity contribution in [1.82, 2.24) is 19.9 Å². The van der Waals surface area contributed by atoms with Crippen LogP contribution in [0.15, 0.2) is 158 Å². The van der Waals surface area contributed by atoms with Crippen LogP contribution in [0.1, 0.15) is 0 Å². The molecule has 8 rings (SSSR count). The molecule has 44 heavy (non-hydrogen) atoms. The molecule has 0 atom stereocenters. The van der Waals surface area contributed by atoms with Crippen molar-refractivity contribution >= 4 is 21.7 Å². The van der Waals surface area contributed by atoms with Crippen molar-refractivity contribution in [3.05, 3.63) is 158 Å². The molecule has 0 bridgehead atoms. The zero-order valence-corrected chi connectivity index (χ0v) is 23.8. The fraction of sp³-hybridized carbons (Fsp3) is 0. The van der Waals surface area contributed by atoms with E-state index in [1.165, 1.54) is 16.3 Å². The zero-order chi connectivity index (χ0) is 29.3. The normalized spacial score (nSPS) is 11.2. The minimum Gasteiger partial charge on any atom is -0.256 e. The van der Waals surface area contributed by atoms with Gasteiger partial charge >= 0.3 is 0 Å². The lowest BCUT2D eigenvalue weighted by molar-refractivity contribution is 1.07. The Morgan fingerprint density at radius 2 is 0.886 bits per heavy atom. The van der Waals surface area contributed by atoms with Gasteiger partial charge in [0, 0.05) is 33.8 Å². The maximum Gasteiger partial charge on any atom is 0.164 e. The average Bonchev–Trinajstić information content (AvgIpc) is 3.11. The van der Waals surface area contributed by atoms with E-state index in [4.69, 9.17) is 19.9 Å². The summed E-state index contributed by atoms with van der Waals surface area (Å²) in [7, 11) is 0. The minimum atomic E-state index is 0.639. The van der Waals surface area contributed by atoms with E-state index in [0.29, 0.717) is 17.5 Å². The Labute approximate surface area is 255 Å². The monoisotopic (exact) mass is 562 g/mol. The molecule has 2 heterocycles. The lowest BCUT2D eigenvalue weighted by Crippen LogP contribution is -2.00. The topological polar surface area (TPSA) is 51.6 Å². The lowest BCUT2D eigenvalue weighted by Gasteiger charge is -2.16. The molecule has 4 nitrogen and oxygen atoms in total. The van der Waals surface area contributed by atoms with Crippen molar-refractivity contribution < 1.29 is 0 Å². The highest BCUT2D eigenvalue weighted by molar-refractivity contribution is 6.07. The quantitative estimate of drug-likeness (QED) is 0.209. The standard InChI is InChI=1S/C40H26N4/c1-3-12-30(13-4-1)38-42-39(31-14-5-2-6-15-31)44-40(43-38)32-22-20-28(21-23-32)36-33-18-8-7-11-27(33)24-25-34(36)35-19-9-16-29-17-10-26-41-37(29)35/h1-26H. The molecular weight excluding hydrogens is 536 g/mol. The summed E-state index contributed by atoms with van der Waals surface area (Å²) >= 11 is 0. The summed E-state index contributed by atoms with van der Waals surface area (Å²) in [5.74, 6) is 1.94. The maximum absolute atomic E-state index is 4.92. The van der Waals surface area contributed by atoms with Crippen LogP contribution in [0.5, 0.6) is 0 Å². The van der Waals surface area contributed by atoms with Crippen molar-refractivity contribution in [2.45, 2.75) is 0 Å². The first-order valence-electron chi connectivity index (χ1n) is 14.7.